The Morgan fingerprint density at radius 1 is 1.14 bits per heavy atom. The number of nitrogens with one attached hydrogen (secondary N) is 2. The number of halogens is 1. The van der Waals surface area contributed by atoms with Crippen molar-refractivity contribution in [3.05, 3.63) is 53.8 Å². The lowest BCUT2D eigenvalue weighted by Gasteiger charge is -2.33. The Kier molecular flexibility index (Phi) is 5.23. The summed E-state index contributed by atoms with van der Waals surface area (Å²) in [4.78, 5) is 26.5. The average Bonchev–Trinajstić information content (AvgIpc) is 2.70. The van der Waals surface area contributed by atoms with Gasteiger partial charge in [-0.05, 0) is 29.8 Å². The zero-order valence-electron chi connectivity index (χ0n) is 15.1. The number of fused-ring (bicyclic) bond motifs is 1. The Morgan fingerprint density at radius 2 is 1.89 bits per heavy atom. The summed E-state index contributed by atoms with van der Waals surface area (Å²) in [5.41, 5.74) is 1.83. The molecule has 2 aromatic rings. The smallest absolute Gasteiger partial charge is 0.262 e. The lowest BCUT2D eigenvalue weighted by Crippen LogP contribution is -2.43. The minimum atomic E-state index is -0.568. The SMILES string of the molecule is O=C1COc2cc(NC(=O)C(c3ccc(F)cc3)N3CCOCC3)ccc2N1. The van der Waals surface area contributed by atoms with Crippen LogP contribution in [-0.2, 0) is 14.3 Å². The van der Waals surface area contributed by atoms with Crippen LogP contribution in [0.5, 0.6) is 5.75 Å². The van der Waals surface area contributed by atoms with Gasteiger partial charge < -0.3 is 20.1 Å². The molecule has 4 rings (SSSR count). The van der Waals surface area contributed by atoms with E-state index in [1.165, 1.54) is 12.1 Å². The number of amides is 2. The molecule has 146 valence electrons. The van der Waals surface area contributed by atoms with E-state index in [9.17, 15) is 14.0 Å². The van der Waals surface area contributed by atoms with E-state index in [0.29, 0.717) is 49.0 Å². The molecule has 2 amide bonds. The van der Waals surface area contributed by atoms with Gasteiger partial charge >= 0.3 is 0 Å². The minimum absolute atomic E-state index is 0.0591. The number of carbonyl (C=O) groups excluding carboxylic acids is 2. The van der Waals surface area contributed by atoms with Crippen LogP contribution in [-0.4, -0.2) is 49.6 Å². The van der Waals surface area contributed by atoms with Crippen molar-refractivity contribution in [1.29, 1.82) is 0 Å². The molecule has 2 aliphatic rings. The molecule has 0 spiro atoms. The highest BCUT2D eigenvalue weighted by molar-refractivity contribution is 5.98. The van der Waals surface area contributed by atoms with Crippen LogP contribution in [0.15, 0.2) is 42.5 Å². The van der Waals surface area contributed by atoms with Crippen molar-refractivity contribution >= 4 is 23.2 Å². The van der Waals surface area contributed by atoms with Crippen LogP contribution in [0.4, 0.5) is 15.8 Å². The van der Waals surface area contributed by atoms with Crippen LogP contribution in [0.3, 0.4) is 0 Å². The van der Waals surface area contributed by atoms with Crippen LogP contribution in [0.25, 0.3) is 0 Å². The molecule has 7 nitrogen and oxygen atoms in total. The average molecular weight is 385 g/mol. The molecule has 2 aliphatic heterocycles. The van der Waals surface area contributed by atoms with Gasteiger partial charge in [0.05, 0.1) is 18.9 Å². The highest BCUT2D eigenvalue weighted by Crippen LogP contribution is 2.31. The van der Waals surface area contributed by atoms with Gasteiger partial charge in [-0.25, -0.2) is 4.39 Å². The maximum absolute atomic E-state index is 13.4. The molecule has 2 heterocycles. The van der Waals surface area contributed by atoms with E-state index in [0.717, 1.165) is 0 Å². The van der Waals surface area contributed by atoms with Crippen molar-refractivity contribution in [3.8, 4) is 5.75 Å². The first-order chi connectivity index (χ1) is 13.6. The molecule has 8 heteroatoms. The number of benzene rings is 2. The van der Waals surface area contributed by atoms with Gasteiger partial charge in [-0.3, -0.25) is 14.5 Å². The Labute approximate surface area is 161 Å². The molecule has 0 radical (unpaired) electrons. The van der Waals surface area contributed by atoms with Crippen LogP contribution < -0.4 is 15.4 Å². The number of carbonyl (C=O) groups is 2. The third-order valence-corrected chi connectivity index (χ3v) is 4.73. The summed E-state index contributed by atoms with van der Waals surface area (Å²) >= 11 is 0. The Balaban J connectivity index is 1.57. The number of morpholine rings is 1. The van der Waals surface area contributed by atoms with Gasteiger partial charge in [0, 0.05) is 24.8 Å². The number of hydrogen-bond donors (Lipinski definition) is 2. The summed E-state index contributed by atoms with van der Waals surface area (Å²) in [6.45, 7) is 2.23. The normalized spacial score (nSPS) is 17.8. The molecule has 2 aromatic carbocycles. The van der Waals surface area contributed by atoms with E-state index in [-0.39, 0.29) is 24.2 Å². The number of rotatable bonds is 4. The summed E-state index contributed by atoms with van der Waals surface area (Å²) in [6.07, 6.45) is 0. The van der Waals surface area contributed by atoms with E-state index in [1.54, 1.807) is 30.3 Å². The number of ether oxygens (including phenoxy) is 2. The molecule has 1 unspecified atom stereocenters. The van der Waals surface area contributed by atoms with Gasteiger partial charge in [0.25, 0.3) is 5.91 Å². The van der Waals surface area contributed by atoms with Crippen LogP contribution in [0.2, 0.25) is 0 Å². The zero-order valence-corrected chi connectivity index (χ0v) is 15.1. The fourth-order valence-corrected chi connectivity index (χ4v) is 3.37. The first-order valence-corrected chi connectivity index (χ1v) is 9.05. The zero-order chi connectivity index (χ0) is 19.5. The van der Waals surface area contributed by atoms with Crippen LogP contribution >= 0.6 is 0 Å². The molecular formula is C20H20FN3O4. The third-order valence-electron chi connectivity index (χ3n) is 4.73. The monoisotopic (exact) mass is 385 g/mol. The molecule has 2 N–H and O–H groups in total. The molecule has 1 fully saturated rings. The van der Waals surface area contributed by atoms with Gasteiger partial charge in [0.1, 0.15) is 17.6 Å². The minimum Gasteiger partial charge on any atom is -0.482 e. The predicted molar refractivity (Wildman–Crippen MR) is 101 cm³/mol. The quantitative estimate of drug-likeness (QED) is 0.843. The van der Waals surface area contributed by atoms with Crippen molar-refractivity contribution in [2.24, 2.45) is 0 Å². The second-order valence-corrected chi connectivity index (χ2v) is 6.64. The second-order valence-electron chi connectivity index (χ2n) is 6.64. The first-order valence-electron chi connectivity index (χ1n) is 9.05. The first kappa shape index (κ1) is 18.4. The van der Waals surface area contributed by atoms with Gasteiger partial charge in [-0.1, -0.05) is 12.1 Å². The van der Waals surface area contributed by atoms with E-state index in [1.807, 2.05) is 4.90 Å². The molecule has 0 aliphatic carbocycles. The number of hydrogen-bond acceptors (Lipinski definition) is 5. The van der Waals surface area contributed by atoms with E-state index >= 15 is 0 Å². The molecule has 0 bridgehead atoms. The molecule has 1 atom stereocenters. The predicted octanol–water partition coefficient (Wildman–Crippen LogP) is 2.17. The molecule has 0 saturated carbocycles. The van der Waals surface area contributed by atoms with Crippen LogP contribution in [0, 0.1) is 5.82 Å². The Morgan fingerprint density at radius 3 is 2.64 bits per heavy atom. The van der Waals surface area contributed by atoms with E-state index < -0.39 is 6.04 Å². The van der Waals surface area contributed by atoms with Crippen molar-refractivity contribution in [3.63, 3.8) is 0 Å². The fraction of sp³-hybridized carbons (Fsp3) is 0.300. The summed E-state index contributed by atoms with van der Waals surface area (Å²) in [7, 11) is 0. The molecular weight excluding hydrogens is 365 g/mol. The van der Waals surface area contributed by atoms with E-state index in [4.69, 9.17) is 9.47 Å². The number of nitrogens with zero attached hydrogens (tertiary/aromatic N) is 1. The highest BCUT2D eigenvalue weighted by Gasteiger charge is 2.29. The lowest BCUT2D eigenvalue weighted by atomic mass is 10.0. The van der Waals surface area contributed by atoms with Crippen molar-refractivity contribution < 1.29 is 23.5 Å². The van der Waals surface area contributed by atoms with Gasteiger partial charge in [0.2, 0.25) is 5.91 Å². The summed E-state index contributed by atoms with van der Waals surface area (Å²) in [6, 6.07) is 10.4. The van der Waals surface area contributed by atoms with Gasteiger partial charge in [0.15, 0.2) is 6.61 Å². The summed E-state index contributed by atoms with van der Waals surface area (Å²) in [5, 5.41) is 5.62. The fourth-order valence-electron chi connectivity index (χ4n) is 3.37. The highest BCUT2D eigenvalue weighted by atomic mass is 19.1. The third kappa shape index (κ3) is 3.97. The van der Waals surface area contributed by atoms with Crippen LogP contribution in [0.1, 0.15) is 11.6 Å². The summed E-state index contributed by atoms with van der Waals surface area (Å²) in [5.74, 6) is -0.290. The summed E-state index contributed by atoms with van der Waals surface area (Å²) < 4.78 is 24.1. The Bertz CT molecular complexity index is 882. The standard InChI is InChI=1S/C20H20FN3O4/c21-14-3-1-13(2-4-14)19(24-7-9-27-10-8-24)20(26)22-15-5-6-16-17(11-15)28-12-18(25)23-16/h1-6,11,19H,7-10,12H2,(H,22,26)(H,23,25). The Hall–Kier alpha value is -2.97. The van der Waals surface area contributed by atoms with Gasteiger partial charge in [-0.2, -0.15) is 0 Å². The van der Waals surface area contributed by atoms with Crippen molar-refractivity contribution in [1.82, 2.24) is 4.90 Å². The second kappa shape index (κ2) is 7.95. The molecule has 0 aromatic heterocycles. The topological polar surface area (TPSA) is 79.9 Å². The lowest BCUT2D eigenvalue weighted by molar-refractivity contribution is -0.123. The maximum atomic E-state index is 13.4. The maximum Gasteiger partial charge on any atom is 0.262 e. The van der Waals surface area contributed by atoms with Crippen molar-refractivity contribution in [2.45, 2.75) is 6.04 Å². The van der Waals surface area contributed by atoms with E-state index in [2.05, 4.69) is 10.6 Å². The molecule has 28 heavy (non-hydrogen) atoms. The van der Waals surface area contributed by atoms with Gasteiger partial charge in [-0.15, -0.1) is 0 Å². The molecule has 1 saturated heterocycles. The van der Waals surface area contributed by atoms with Crippen molar-refractivity contribution in [2.75, 3.05) is 43.5 Å². The largest absolute Gasteiger partial charge is 0.482 e. The number of anilines is 2.